The molecule has 1 aromatic carbocycles. The maximum atomic E-state index is 11.4. The van der Waals surface area contributed by atoms with E-state index in [1.807, 2.05) is 31.2 Å². The summed E-state index contributed by atoms with van der Waals surface area (Å²) in [5.41, 5.74) is 1.76. The molecule has 4 heteroatoms. The highest BCUT2D eigenvalue weighted by Crippen LogP contribution is 2.22. The first-order chi connectivity index (χ1) is 7.00. The van der Waals surface area contributed by atoms with Gasteiger partial charge in [0, 0.05) is 19.8 Å². The van der Waals surface area contributed by atoms with Gasteiger partial charge in [0.1, 0.15) is 0 Å². The van der Waals surface area contributed by atoms with E-state index in [9.17, 15) is 4.79 Å². The molecule has 0 radical (unpaired) electrons. The topological polar surface area (TPSA) is 32.3 Å². The van der Waals surface area contributed by atoms with Crippen molar-refractivity contribution in [3.05, 3.63) is 29.8 Å². The zero-order chi connectivity index (χ0) is 11.4. The van der Waals surface area contributed by atoms with Crippen LogP contribution in [0.15, 0.2) is 24.3 Å². The lowest BCUT2D eigenvalue weighted by atomic mass is 10.1. The molecule has 0 heterocycles. The van der Waals surface area contributed by atoms with Crippen molar-refractivity contribution in [3.8, 4) is 0 Å². The van der Waals surface area contributed by atoms with Gasteiger partial charge >= 0.3 is 6.03 Å². The monoisotopic (exact) mass is 226 g/mol. The number of hydrogen-bond acceptors (Lipinski definition) is 1. The van der Waals surface area contributed by atoms with E-state index in [1.54, 1.807) is 14.1 Å². The number of carbonyl (C=O) groups is 1. The van der Waals surface area contributed by atoms with E-state index in [0.717, 1.165) is 11.3 Å². The third-order valence-corrected chi connectivity index (χ3v) is 2.26. The summed E-state index contributed by atoms with van der Waals surface area (Å²) in [6, 6.07) is 7.38. The molecule has 1 atom stereocenters. The van der Waals surface area contributed by atoms with Crippen molar-refractivity contribution in [2.75, 3.05) is 19.4 Å². The van der Waals surface area contributed by atoms with E-state index in [4.69, 9.17) is 11.6 Å². The Bertz CT molecular complexity index is 350. The lowest BCUT2D eigenvalue weighted by Gasteiger charge is -2.13. The van der Waals surface area contributed by atoms with Gasteiger partial charge in [-0.2, -0.15) is 0 Å². The number of nitrogens with one attached hydrogen (secondary N) is 1. The molecule has 1 rings (SSSR count). The minimum absolute atomic E-state index is 0.0544. The summed E-state index contributed by atoms with van der Waals surface area (Å²) >= 11 is 5.95. The van der Waals surface area contributed by atoms with Crippen LogP contribution in [0, 0.1) is 0 Å². The lowest BCUT2D eigenvalue weighted by Crippen LogP contribution is -2.27. The lowest BCUT2D eigenvalue weighted by molar-refractivity contribution is 0.230. The summed E-state index contributed by atoms with van der Waals surface area (Å²) in [7, 11) is 3.40. The van der Waals surface area contributed by atoms with Gasteiger partial charge in [-0.15, -0.1) is 11.6 Å². The maximum Gasteiger partial charge on any atom is 0.321 e. The Morgan fingerprint density at radius 3 is 2.67 bits per heavy atom. The van der Waals surface area contributed by atoms with Crippen LogP contribution in [0.2, 0.25) is 0 Å². The zero-order valence-corrected chi connectivity index (χ0v) is 9.88. The highest BCUT2D eigenvalue weighted by Gasteiger charge is 2.05. The number of rotatable bonds is 2. The average Bonchev–Trinajstić information content (AvgIpc) is 2.18. The second-order valence-corrected chi connectivity index (χ2v) is 4.22. The Hall–Kier alpha value is -1.22. The molecule has 0 aromatic heterocycles. The standard InChI is InChI=1S/C11H15ClN2O/c1-8(12)9-5-4-6-10(7-9)13-11(15)14(2)3/h4-8H,1-3H3,(H,13,15). The van der Waals surface area contributed by atoms with Crippen LogP contribution in [0.25, 0.3) is 0 Å². The zero-order valence-electron chi connectivity index (χ0n) is 9.12. The largest absolute Gasteiger partial charge is 0.331 e. The van der Waals surface area contributed by atoms with Gasteiger partial charge in [-0.1, -0.05) is 12.1 Å². The summed E-state index contributed by atoms with van der Waals surface area (Å²) in [5, 5.41) is 2.71. The first-order valence-corrected chi connectivity index (χ1v) is 5.16. The molecule has 15 heavy (non-hydrogen) atoms. The Balaban J connectivity index is 2.78. The number of urea groups is 1. The molecule has 0 aliphatic heterocycles. The summed E-state index contributed by atoms with van der Waals surface area (Å²) in [6.45, 7) is 1.90. The van der Waals surface area contributed by atoms with Gasteiger partial charge < -0.3 is 10.2 Å². The molecular formula is C11H15ClN2O. The molecule has 0 spiro atoms. The predicted molar refractivity (Wildman–Crippen MR) is 63.4 cm³/mol. The first kappa shape index (κ1) is 11.9. The fourth-order valence-corrected chi connectivity index (χ4v) is 1.23. The predicted octanol–water partition coefficient (Wildman–Crippen LogP) is 3.08. The van der Waals surface area contributed by atoms with E-state index >= 15 is 0 Å². The minimum Gasteiger partial charge on any atom is -0.331 e. The van der Waals surface area contributed by atoms with Crippen LogP contribution >= 0.6 is 11.6 Å². The van der Waals surface area contributed by atoms with Crippen LogP contribution in [-0.4, -0.2) is 25.0 Å². The van der Waals surface area contributed by atoms with Gasteiger partial charge in [-0.3, -0.25) is 0 Å². The smallest absolute Gasteiger partial charge is 0.321 e. The second kappa shape index (κ2) is 5.03. The van der Waals surface area contributed by atoms with Crippen LogP contribution in [0.1, 0.15) is 17.9 Å². The highest BCUT2D eigenvalue weighted by atomic mass is 35.5. The normalized spacial score (nSPS) is 12.0. The van der Waals surface area contributed by atoms with Crippen molar-refractivity contribution in [2.24, 2.45) is 0 Å². The molecule has 0 saturated carbocycles. The van der Waals surface area contributed by atoms with Crippen LogP contribution in [-0.2, 0) is 0 Å². The number of benzene rings is 1. The van der Waals surface area contributed by atoms with E-state index in [2.05, 4.69) is 5.32 Å². The molecule has 0 aliphatic carbocycles. The molecule has 1 N–H and O–H groups in total. The van der Waals surface area contributed by atoms with Crippen LogP contribution < -0.4 is 5.32 Å². The van der Waals surface area contributed by atoms with Crippen LogP contribution in [0.4, 0.5) is 10.5 Å². The molecule has 0 saturated heterocycles. The van der Waals surface area contributed by atoms with E-state index in [-0.39, 0.29) is 11.4 Å². The quantitative estimate of drug-likeness (QED) is 0.773. The molecule has 2 amide bonds. The fraction of sp³-hybridized carbons (Fsp3) is 0.364. The Morgan fingerprint density at radius 2 is 2.13 bits per heavy atom. The van der Waals surface area contributed by atoms with Crippen molar-refractivity contribution in [1.82, 2.24) is 4.90 Å². The second-order valence-electron chi connectivity index (χ2n) is 3.57. The number of amides is 2. The fourth-order valence-electron chi connectivity index (χ4n) is 1.10. The maximum absolute atomic E-state index is 11.4. The van der Waals surface area contributed by atoms with Gasteiger partial charge in [0.15, 0.2) is 0 Å². The SMILES string of the molecule is CC(Cl)c1cccc(NC(=O)N(C)C)c1. The average molecular weight is 227 g/mol. The summed E-state index contributed by atoms with van der Waals surface area (Å²) in [6.07, 6.45) is 0. The van der Waals surface area contributed by atoms with E-state index < -0.39 is 0 Å². The highest BCUT2D eigenvalue weighted by molar-refractivity contribution is 6.20. The molecule has 3 nitrogen and oxygen atoms in total. The van der Waals surface area contributed by atoms with Crippen molar-refractivity contribution >= 4 is 23.3 Å². The van der Waals surface area contributed by atoms with Crippen molar-refractivity contribution in [1.29, 1.82) is 0 Å². The Kier molecular flexibility index (Phi) is 3.97. The van der Waals surface area contributed by atoms with Gasteiger partial charge in [0.2, 0.25) is 0 Å². The molecule has 1 unspecified atom stereocenters. The van der Waals surface area contributed by atoms with Crippen molar-refractivity contribution < 1.29 is 4.79 Å². The van der Waals surface area contributed by atoms with E-state index in [1.165, 1.54) is 4.90 Å². The number of alkyl halides is 1. The summed E-state index contributed by atoms with van der Waals surface area (Å²) < 4.78 is 0. The molecule has 1 aromatic rings. The molecule has 82 valence electrons. The van der Waals surface area contributed by atoms with Crippen LogP contribution in [0.3, 0.4) is 0 Å². The van der Waals surface area contributed by atoms with E-state index in [0.29, 0.717) is 0 Å². The number of hydrogen-bond donors (Lipinski definition) is 1. The third kappa shape index (κ3) is 3.44. The van der Waals surface area contributed by atoms with Gasteiger partial charge in [-0.25, -0.2) is 4.79 Å². The summed E-state index contributed by atoms with van der Waals surface area (Å²) in [5.74, 6) is 0. The number of halogens is 1. The number of anilines is 1. The molecule has 0 fully saturated rings. The van der Waals surface area contributed by atoms with Crippen LogP contribution in [0.5, 0.6) is 0 Å². The number of carbonyl (C=O) groups excluding carboxylic acids is 1. The molecular weight excluding hydrogens is 212 g/mol. The minimum atomic E-state index is -0.144. The third-order valence-electron chi connectivity index (χ3n) is 2.00. The molecule has 0 bridgehead atoms. The molecule has 0 aliphatic rings. The first-order valence-electron chi connectivity index (χ1n) is 4.73. The number of nitrogens with zero attached hydrogens (tertiary/aromatic N) is 1. The Labute approximate surface area is 95.0 Å². The van der Waals surface area contributed by atoms with Crippen molar-refractivity contribution in [2.45, 2.75) is 12.3 Å². The summed E-state index contributed by atoms with van der Waals surface area (Å²) in [4.78, 5) is 12.9. The van der Waals surface area contributed by atoms with Gasteiger partial charge in [-0.05, 0) is 24.6 Å². The van der Waals surface area contributed by atoms with Gasteiger partial charge in [0.25, 0.3) is 0 Å². The van der Waals surface area contributed by atoms with Gasteiger partial charge in [0.05, 0.1) is 5.38 Å². The van der Waals surface area contributed by atoms with Crippen molar-refractivity contribution in [3.63, 3.8) is 0 Å². The Morgan fingerprint density at radius 1 is 1.47 bits per heavy atom.